The van der Waals surface area contributed by atoms with Crippen LogP contribution in [0.25, 0.3) is 10.9 Å². The molecular weight excluding hydrogens is 423 g/mol. The van der Waals surface area contributed by atoms with Crippen LogP contribution in [0.1, 0.15) is 60.8 Å². The summed E-state index contributed by atoms with van der Waals surface area (Å²) in [6.45, 7) is 5.62. The molecule has 0 unspecified atom stereocenters. The van der Waals surface area contributed by atoms with Crippen LogP contribution in [0.4, 0.5) is 4.39 Å². The summed E-state index contributed by atoms with van der Waals surface area (Å²) in [6, 6.07) is 23.4. The number of hydrogen-bond donors (Lipinski definition) is 1. The molecule has 0 saturated heterocycles. The second-order valence-corrected chi connectivity index (χ2v) is 9.08. The summed E-state index contributed by atoms with van der Waals surface area (Å²) in [4.78, 5) is 13.0. The van der Waals surface area contributed by atoms with Crippen molar-refractivity contribution in [2.24, 2.45) is 0 Å². The minimum atomic E-state index is -0.230. The standard InChI is InChI=1S/C30H33FN2O/c1-3-4-7-17-32-30(34)19-27(24-10-8-9-22(2)18-24)28-21-33(29-12-6-5-11-26(28)29)20-23-13-15-25(31)16-14-23/h5-6,8-16,18,21,27H,3-4,7,17,19-20H2,1-2H3,(H,32,34)/t27-/m0/s1. The largest absolute Gasteiger partial charge is 0.356 e. The molecule has 4 rings (SSSR count). The fourth-order valence-electron chi connectivity index (χ4n) is 4.62. The van der Waals surface area contributed by atoms with E-state index in [-0.39, 0.29) is 17.6 Å². The average Bonchev–Trinajstić information content (AvgIpc) is 3.20. The zero-order valence-corrected chi connectivity index (χ0v) is 20.1. The highest BCUT2D eigenvalue weighted by Crippen LogP contribution is 2.35. The first-order valence-corrected chi connectivity index (χ1v) is 12.2. The Bertz CT molecular complexity index is 1240. The van der Waals surface area contributed by atoms with E-state index in [0.29, 0.717) is 13.0 Å². The van der Waals surface area contributed by atoms with Crippen molar-refractivity contribution in [2.75, 3.05) is 6.54 Å². The number of benzene rings is 3. The van der Waals surface area contributed by atoms with Gasteiger partial charge in [0.1, 0.15) is 5.82 Å². The molecule has 0 bridgehead atoms. The third-order valence-electron chi connectivity index (χ3n) is 6.40. The van der Waals surface area contributed by atoms with Gasteiger partial charge in [-0.2, -0.15) is 0 Å². The maximum Gasteiger partial charge on any atom is 0.220 e. The van der Waals surface area contributed by atoms with E-state index in [1.807, 2.05) is 24.3 Å². The van der Waals surface area contributed by atoms with Gasteiger partial charge in [-0.1, -0.05) is 79.9 Å². The first-order chi connectivity index (χ1) is 16.5. The first-order valence-electron chi connectivity index (χ1n) is 12.2. The summed E-state index contributed by atoms with van der Waals surface area (Å²) < 4.78 is 15.6. The third kappa shape index (κ3) is 5.74. The van der Waals surface area contributed by atoms with E-state index >= 15 is 0 Å². The van der Waals surface area contributed by atoms with Crippen molar-refractivity contribution >= 4 is 16.8 Å². The van der Waals surface area contributed by atoms with Crippen LogP contribution in [0.15, 0.2) is 79.0 Å². The number of nitrogens with one attached hydrogen (secondary N) is 1. The Hall–Kier alpha value is -3.40. The van der Waals surface area contributed by atoms with E-state index in [2.05, 4.69) is 66.3 Å². The maximum atomic E-state index is 13.4. The summed E-state index contributed by atoms with van der Waals surface area (Å²) in [5, 5.41) is 4.27. The van der Waals surface area contributed by atoms with Crippen LogP contribution in [-0.4, -0.2) is 17.0 Å². The number of unbranched alkanes of at least 4 members (excludes halogenated alkanes) is 2. The number of para-hydroxylation sites is 1. The lowest BCUT2D eigenvalue weighted by Crippen LogP contribution is -2.26. The van der Waals surface area contributed by atoms with Crippen molar-refractivity contribution < 1.29 is 9.18 Å². The second-order valence-electron chi connectivity index (χ2n) is 9.08. The number of carbonyl (C=O) groups excluding carboxylic acids is 1. The van der Waals surface area contributed by atoms with Gasteiger partial charge in [0.25, 0.3) is 0 Å². The number of hydrogen-bond acceptors (Lipinski definition) is 1. The van der Waals surface area contributed by atoms with Gasteiger partial charge in [0, 0.05) is 42.5 Å². The van der Waals surface area contributed by atoms with Gasteiger partial charge < -0.3 is 9.88 Å². The molecule has 0 aliphatic rings. The quantitative estimate of drug-likeness (QED) is 0.257. The molecular formula is C30H33FN2O. The van der Waals surface area contributed by atoms with Crippen LogP contribution in [0, 0.1) is 12.7 Å². The molecule has 0 fully saturated rings. The van der Waals surface area contributed by atoms with Gasteiger partial charge in [-0.3, -0.25) is 4.79 Å². The Balaban J connectivity index is 1.70. The maximum absolute atomic E-state index is 13.4. The van der Waals surface area contributed by atoms with Gasteiger partial charge in [0.2, 0.25) is 5.91 Å². The summed E-state index contributed by atoms with van der Waals surface area (Å²) in [6.07, 6.45) is 5.84. The van der Waals surface area contributed by atoms with Crippen LogP contribution in [0.2, 0.25) is 0 Å². The molecule has 34 heavy (non-hydrogen) atoms. The summed E-state index contributed by atoms with van der Waals surface area (Å²) >= 11 is 0. The molecule has 0 aliphatic heterocycles. The van der Waals surface area contributed by atoms with E-state index in [9.17, 15) is 9.18 Å². The van der Waals surface area contributed by atoms with E-state index < -0.39 is 0 Å². The highest BCUT2D eigenvalue weighted by Gasteiger charge is 2.23. The molecule has 1 heterocycles. The zero-order chi connectivity index (χ0) is 23.9. The Labute approximate surface area is 201 Å². The van der Waals surface area contributed by atoms with Crippen molar-refractivity contribution in [1.29, 1.82) is 0 Å². The Morgan fingerprint density at radius 2 is 1.79 bits per heavy atom. The highest BCUT2D eigenvalue weighted by molar-refractivity contribution is 5.86. The minimum Gasteiger partial charge on any atom is -0.356 e. The van der Waals surface area contributed by atoms with Crippen LogP contribution in [0.5, 0.6) is 0 Å². The smallest absolute Gasteiger partial charge is 0.220 e. The predicted octanol–water partition coefficient (Wildman–Crippen LogP) is 6.97. The zero-order valence-electron chi connectivity index (χ0n) is 20.1. The van der Waals surface area contributed by atoms with Crippen molar-refractivity contribution in [3.05, 3.63) is 107 Å². The Kier molecular flexibility index (Phi) is 7.79. The number of rotatable bonds is 10. The average molecular weight is 457 g/mol. The molecule has 1 amide bonds. The molecule has 1 aromatic heterocycles. The van der Waals surface area contributed by atoms with Crippen LogP contribution < -0.4 is 5.32 Å². The molecule has 0 spiro atoms. The van der Waals surface area contributed by atoms with Gasteiger partial charge >= 0.3 is 0 Å². The van der Waals surface area contributed by atoms with Crippen LogP contribution >= 0.6 is 0 Å². The monoisotopic (exact) mass is 456 g/mol. The first kappa shape index (κ1) is 23.7. The number of nitrogens with zero attached hydrogens (tertiary/aromatic N) is 1. The van der Waals surface area contributed by atoms with E-state index in [1.54, 1.807) is 0 Å². The molecule has 0 radical (unpaired) electrons. The molecule has 0 aliphatic carbocycles. The fraction of sp³-hybridized carbons (Fsp3) is 0.300. The third-order valence-corrected chi connectivity index (χ3v) is 6.40. The number of aromatic nitrogens is 1. The lowest BCUT2D eigenvalue weighted by Gasteiger charge is -2.18. The second kappa shape index (κ2) is 11.1. The summed E-state index contributed by atoms with van der Waals surface area (Å²) in [5.74, 6) is -0.199. The van der Waals surface area contributed by atoms with Crippen LogP contribution in [-0.2, 0) is 11.3 Å². The highest BCUT2D eigenvalue weighted by atomic mass is 19.1. The van der Waals surface area contributed by atoms with Crippen molar-refractivity contribution in [3.8, 4) is 0 Å². The van der Waals surface area contributed by atoms with Crippen LogP contribution in [0.3, 0.4) is 0 Å². The lowest BCUT2D eigenvalue weighted by molar-refractivity contribution is -0.121. The summed E-state index contributed by atoms with van der Waals surface area (Å²) in [5.41, 5.74) is 5.62. The number of aryl methyl sites for hydroxylation is 1. The topological polar surface area (TPSA) is 34.0 Å². The lowest BCUT2D eigenvalue weighted by atomic mass is 9.87. The number of halogens is 1. The molecule has 4 aromatic rings. The Morgan fingerprint density at radius 3 is 2.56 bits per heavy atom. The molecule has 1 atom stereocenters. The molecule has 1 N–H and O–H groups in total. The number of carbonyl (C=O) groups is 1. The van der Waals surface area contributed by atoms with Crippen molar-refractivity contribution in [3.63, 3.8) is 0 Å². The van der Waals surface area contributed by atoms with Gasteiger partial charge in [-0.25, -0.2) is 4.39 Å². The Morgan fingerprint density at radius 1 is 1.00 bits per heavy atom. The van der Waals surface area contributed by atoms with E-state index in [1.165, 1.54) is 17.7 Å². The number of fused-ring (bicyclic) bond motifs is 1. The fourth-order valence-corrected chi connectivity index (χ4v) is 4.62. The molecule has 3 nitrogen and oxygen atoms in total. The van der Waals surface area contributed by atoms with Gasteiger partial charge in [-0.05, 0) is 48.2 Å². The molecule has 4 heteroatoms. The minimum absolute atomic E-state index is 0.0505. The van der Waals surface area contributed by atoms with Crippen molar-refractivity contribution in [2.45, 2.75) is 52.0 Å². The summed E-state index contributed by atoms with van der Waals surface area (Å²) in [7, 11) is 0. The van der Waals surface area contributed by atoms with Gasteiger partial charge in [0.05, 0.1) is 0 Å². The predicted molar refractivity (Wildman–Crippen MR) is 138 cm³/mol. The van der Waals surface area contributed by atoms with Gasteiger partial charge in [0.15, 0.2) is 0 Å². The molecule has 0 saturated carbocycles. The SMILES string of the molecule is CCCCCNC(=O)C[C@@H](c1cccc(C)c1)c1cn(Cc2ccc(F)cc2)c2ccccc12. The number of amides is 1. The normalized spacial score (nSPS) is 12.1. The molecule has 3 aromatic carbocycles. The van der Waals surface area contributed by atoms with E-state index in [4.69, 9.17) is 0 Å². The van der Waals surface area contributed by atoms with Crippen molar-refractivity contribution in [1.82, 2.24) is 9.88 Å². The van der Waals surface area contributed by atoms with Gasteiger partial charge in [-0.15, -0.1) is 0 Å². The molecule has 176 valence electrons. The van der Waals surface area contributed by atoms with E-state index in [0.717, 1.165) is 53.4 Å².